The quantitative estimate of drug-likeness (QED) is 0.859. The number of nitrogens with zero attached hydrogens (tertiary/aromatic N) is 4. The van der Waals surface area contributed by atoms with Gasteiger partial charge in [0.2, 0.25) is 0 Å². The van der Waals surface area contributed by atoms with Crippen LogP contribution in [0.4, 0.5) is 11.6 Å². The lowest BCUT2D eigenvalue weighted by atomic mass is 10.0. The number of aromatic nitrogens is 2. The van der Waals surface area contributed by atoms with E-state index in [1.54, 1.807) is 0 Å². The molecule has 1 heterocycles. The fourth-order valence-corrected chi connectivity index (χ4v) is 2.20. The molecule has 0 aromatic carbocycles. The van der Waals surface area contributed by atoms with Crippen molar-refractivity contribution in [2.75, 3.05) is 17.2 Å². The highest BCUT2D eigenvalue weighted by Crippen LogP contribution is 2.36. The summed E-state index contributed by atoms with van der Waals surface area (Å²) in [6.45, 7) is 4.90. The van der Waals surface area contributed by atoms with Gasteiger partial charge >= 0.3 is 0 Å². The second kappa shape index (κ2) is 5.21. The molecule has 0 saturated heterocycles. The first kappa shape index (κ1) is 12.6. The Bertz CT molecular complexity index is 459. The molecule has 96 valence electrons. The Morgan fingerprint density at radius 2 is 2.22 bits per heavy atom. The number of nitrogen functional groups attached to an aromatic ring is 1. The topological polar surface area (TPSA) is 78.8 Å². The van der Waals surface area contributed by atoms with Gasteiger partial charge in [0.15, 0.2) is 0 Å². The maximum absolute atomic E-state index is 8.76. The van der Waals surface area contributed by atoms with Gasteiger partial charge in [0, 0.05) is 18.2 Å². The molecular weight excluding hydrogens is 226 g/mol. The van der Waals surface area contributed by atoms with Gasteiger partial charge in [-0.2, -0.15) is 5.26 Å². The molecule has 2 N–H and O–H groups in total. The molecule has 1 fully saturated rings. The van der Waals surface area contributed by atoms with Crippen LogP contribution < -0.4 is 10.6 Å². The van der Waals surface area contributed by atoms with Crippen LogP contribution in [-0.4, -0.2) is 22.6 Å². The van der Waals surface area contributed by atoms with E-state index in [9.17, 15) is 0 Å². The lowest BCUT2D eigenvalue weighted by molar-refractivity contribution is 0.750. The first-order valence-corrected chi connectivity index (χ1v) is 6.39. The highest BCUT2D eigenvalue weighted by Gasteiger charge is 2.32. The van der Waals surface area contributed by atoms with E-state index in [0.29, 0.717) is 18.3 Å². The molecule has 0 atom stereocenters. The Hall–Kier alpha value is -1.83. The van der Waals surface area contributed by atoms with Crippen molar-refractivity contribution < 1.29 is 0 Å². The van der Waals surface area contributed by atoms with Crippen LogP contribution >= 0.6 is 0 Å². The molecule has 5 nitrogen and oxygen atoms in total. The third-order valence-corrected chi connectivity index (χ3v) is 3.20. The van der Waals surface area contributed by atoms with Crippen molar-refractivity contribution in [2.24, 2.45) is 0 Å². The van der Waals surface area contributed by atoms with Crippen molar-refractivity contribution in [1.82, 2.24) is 9.97 Å². The maximum atomic E-state index is 8.76. The second-order valence-electron chi connectivity index (χ2n) is 4.98. The third kappa shape index (κ3) is 2.53. The number of hydrogen-bond donors (Lipinski definition) is 1. The van der Waals surface area contributed by atoms with Gasteiger partial charge < -0.3 is 10.6 Å². The lowest BCUT2D eigenvalue weighted by Crippen LogP contribution is -2.29. The highest BCUT2D eigenvalue weighted by molar-refractivity contribution is 5.59. The number of nitrogens with two attached hydrogens (primary N) is 1. The van der Waals surface area contributed by atoms with Crippen LogP contribution in [0.1, 0.15) is 44.6 Å². The van der Waals surface area contributed by atoms with E-state index >= 15 is 0 Å². The van der Waals surface area contributed by atoms with Gasteiger partial charge in [0.05, 0.1) is 12.5 Å². The molecule has 2 rings (SSSR count). The predicted octanol–water partition coefficient (Wildman–Crippen LogP) is 2.06. The van der Waals surface area contributed by atoms with Gasteiger partial charge in [-0.15, -0.1) is 0 Å². The molecule has 0 amide bonds. The fourth-order valence-electron chi connectivity index (χ4n) is 2.20. The minimum Gasteiger partial charge on any atom is -0.383 e. The smallest absolute Gasteiger partial charge is 0.137 e. The summed E-state index contributed by atoms with van der Waals surface area (Å²) in [6, 6.07) is 2.72. The van der Waals surface area contributed by atoms with Crippen LogP contribution in [0, 0.1) is 11.3 Å². The van der Waals surface area contributed by atoms with Crippen molar-refractivity contribution >= 4 is 11.6 Å². The van der Waals surface area contributed by atoms with E-state index in [4.69, 9.17) is 11.0 Å². The summed E-state index contributed by atoms with van der Waals surface area (Å²) in [5.41, 5.74) is 6.97. The highest BCUT2D eigenvalue weighted by atomic mass is 15.2. The van der Waals surface area contributed by atoms with Gasteiger partial charge in [0.1, 0.15) is 18.0 Å². The van der Waals surface area contributed by atoms with Crippen molar-refractivity contribution in [1.29, 1.82) is 5.26 Å². The molecule has 1 aliphatic carbocycles. The molecule has 0 radical (unpaired) electrons. The van der Waals surface area contributed by atoms with Crippen LogP contribution in [-0.2, 0) is 0 Å². The van der Waals surface area contributed by atoms with Crippen molar-refractivity contribution in [3.05, 3.63) is 11.9 Å². The summed E-state index contributed by atoms with van der Waals surface area (Å²) in [7, 11) is 0. The molecule has 0 bridgehead atoms. The third-order valence-electron chi connectivity index (χ3n) is 3.20. The van der Waals surface area contributed by atoms with Crippen LogP contribution in [0.25, 0.3) is 0 Å². The SMILES string of the molecule is CC(C)c1c(N)ncnc1N(CCC#N)C1CC1. The monoisotopic (exact) mass is 245 g/mol. The van der Waals surface area contributed by atoms with Crippen molar-refractivity contribution in [2.45, 2.75) is 45.1 Å². The van der Waals surface area contributed by atoms with E-state index < -0.39 is 0 Å². The molecular formula is C13H19N5. The Morgan fingerprint density at radius 3 is 2.78 bits per heavy atom. The summed E-state index contributed by atoms with van der Waals surface area (Å²) in [5.74, 6) is 1.75. The molecule has 1 aromatic heterocycles. The standard InChI is InChI=1S/C13H19N5/c1-9(2)11-12(15)16-8-17-13(11)18(7-3-6-14)10-4-5-10/h8-10H,3-5,7H2,1-2H3,(H2,15,16,17). The van der Waals surface area contributed by atoms with Gasteiger partial charge in [-0.3, -0.25) is 0 Å². The molecule has 0 aliphatic heterocycles. The molecule has 18 heavy (non-hydrogen) atoms. The second-order valence-corrected chi connectivity index (χ2v) is 4.98. The Morgan fingerprint density at radius 1 is 1.50 bits per heavy atom. The van der Waals surface area contributed by atoms with Crippen LogP contribution in [0.3, 0.4) is 0 Å². The Labute approximate surface area is 108 Å². The minimum absolute atomic E-state index is 0.282. The van der Waals surface area contributed by atoms with E-state index in [2.05, 4.69) is 34.8 Å². The van der Waals surface area contributed by atoms with Gasteiger partial charge in [-0.25, -0.2) is 9.97 Å². The number of anilines is 2. The Balaban J connectivity index is 2.34. The molecule has 0 unspecified atom stereocenters. The van der Waals surface area contributed by atoms with Crippen LogP contribution in [0.5, 0.6) is 0 Å². The lowest BCUT2D eigenvalue weighted by Gasteiger charge is -2.26. The molecule has 5 heteroatoms. The number of nitriles is 1. The summed E-state index contributed by atoms with van der Waals surface area (Å²) >= 11 is 0. The predicted molar refractivity (Wildman–Crippen MR) is 71.1 cm³/mol. The minimum atomic E-state index is 0.282. The molecule has 0 spiro atoms. The van der Waals surface area contributed by atoms with E-state index in [0.717, 1.165) is 17.9 Å². The van der Waals surface area contributed by atoms with E-state index in [1.165, 1.54) is 19.2 Å². The van der Waals surface area contributed by atoms with Crippen LogP contribution in [0.15, 0.2) is 6.33 Å². The average Bonchev–Trinajstić information content (AvgIpc) is 3.13. The van der Waals surface area contributed by atoms with E-state index in [1.807, 2.05) is 0 Å². The van der Waals surface area contributed by atoms with Gasteiger partial charge in [-0.05, 0) is 18.8 Å². The van der Waals surface area contributed by atoms with Crippen LogP contribution in [0.2, 0.25) is 0 Å². The van der Waals surface area contributed by atoms with Crippen molar-refractivity contribution in [3.63, 3.8) is 0 Å². The molecule has 1 aliphatic rings. The molecule has 1 saturated carbocycles. The molecule has 1 aromatic rings. The van der Waals surface area contributed by atoms with E-state index in [-0.39, 0.29) is 5.92 Å². The fraction of sp³-hybridized carbons (Fsp3) is 0.615. The summed E-state index contributed by atoms with van der Waals surface area (Å²) < 4.78 is 0. The van der Waals surface area contributed by atoms with Gasteiger partial charge in [-0.1, -0.05) is 13.8 Å². The summed E-state index contributed by atoms with van der Waals surface area (Å²) in [5, 5.41) is 8.76. The zero-order valence-electron chi connectivity index (χ0n) is 10.9. The number of hydrogen-bond acceptors (Lipinski definition) is 5. The first-order valence-electron chi connectivity index (χ1n) is 6.39. The first-order chi connectivity index (χ1) is 8.65. The average molecular weight is 245 g/mol. The van der Waals surface area contributed by atoms with Gasteiger partial charge in [0.25, 0.3) is 0 Å². The normalized spacial score (nSPS) is 14.6. The largest absolute Gasteiger partial charge is 0.383 e. The zero-order chi connectivity index (χ0) is 13.1. The maximum Gasteiger partial charge on any atom is 0.137 e. The summed E-state index contributed by atoms with van der Waals surface area (Å²) in [6.07, 6.45) is 4.37. The van der Waals surface area contributed by atoms with Crippen molar-refractivity contribution in [3.8, 4) is 6.07 Å². The zero-order valence-corrected chi connectivity index (χ0v) is 10.9. The number of rotatable bonds is 5. The summed E-state index contributed by atoms with van der Waals surface area (Å²) in [4.78, 5) is 10.7. The Kier molecular flexibility index (Phi) is 3.66.